The lowest BCUT2D eigenvalue weighted by Crippen LogP contribution is -2.28. The van der Waals surface area contributed by atoms with Crippen molar-refractivity contribution in [3.8, 4) is 0 Å². The highest BCUT2D eigenvalue weighted by atomic mass is 16.2. The number of rotatable bonds is 6. The Hall–Kier alpha value is -3.40. The standard InChI is InChI=1S/C24H24N2O2/c1-17-12-14-19(15-13-17)16-23(27)26-22-11-7-6-10-21(22)24(28)25-18(2)20-8-4-3-5-9-20/h3-15,18H,16H2,1-2H3,(H,25,28)(H,26,27)/t18-/m1/s1. The molecule has 0 aliphatic rings. The second-order valence-electron chi connectivity index (χ2n) is 6.86. The molecule has 3 rings (SSSR count). The van der Waals surface area contributed by atoms with Crippen LogP contribution in [0, 0.1) is 6.92 Å². The van der Waals surface area contributed by atoms with Gasteiger partial charge in [0.15, 0.2) is 0 Å². The normalized spacial score (nSPS) is 11.5. The van der Waals surface area contributed by atoms with E-state index in [2.05, 4.69) is 10.6 Å². The summed E-state index contributed by atoms with van der Waals surface area (Å²) in [7, 11) is 0. The topological polar surface area (TPSA) is 58.2 Å². The molecule has 1 atom stereocenters. The number of benzene rings is 3. The molecule has 3 aromatic rings. The molecule has 0 heterocycles. The highest BCUT2D eigenvalue weighted by molar-refractivity contribution is 6.04. The minimum absolute atomic E-state index is 0.134. The van der Waals surface area contributed by atoms with Crippen LogP contribution in [0.3, 0.4) is 0 Å². The van der Waals surface area contributed by atoms with E-state index in [0.29, 0.717) is 11.3 Å². The summed E-state index contributed by atoms with van der Waals surface area (Å²) in [4.78, 5) is 25.2. The fourth-order valence-electron chi connectivity index (χ4n) is 2.98. The van der Waals surface area contributed by atoms with E-state index in [0.717, 1.165) is 16.7 Å². The predicted octanol–water partition coefficient (Wildman–Crippen LogP) is 4.67. The second kappa shape index (κ2) is 9.00. The van der Waals surface area contributed by atoms with Crippen LogP contribution in [0.1, 0.15) is 40.0 Å². The van der Waals surface area contributed by atoms with E-state index in [4.69, 9.17) is 0 Å². The van der Waals surface area contributed by atoms with E-state index in [1.165, 1.54) is 0 Å². The fraction of sp³-hybridized carbons (Fsp3) is 0.167. The van der Waals surface area contributed by atoms with Gasteiger partial charge in [-0.25, -0.2) is 0 Å². The first-order valence-corrected chi connectivity index (χ1v) is 9.33. The maximum absolute atomic E-state index is 12.8. The summed E-state index contributed by atoms with van der Waals surface area (Å²) in [6.07, 6.45) is 0.261. The fourth-order valence-corrected chi connectivity index (χ4v) is 2.98. The molecule has 0 saturated heterocycles. The Morgan fingerprint density at radius 3 is 2.21 bits per heavy atom. The van der Waals surface area contributed by atoms with E-state index >= 15 is 0 Å². The maximum Gasteiger partial charge on any atom is 0.253 e. The lowest BCUT2D eigenvalue weighted by atomic mass is 10.1. The van der Waals surface area contributed by atoms with Gasteiger partial charge in [-0.15, -0.1) is 0 Å². The highest BCUT2D eigenvalue weighted by Gasteiger charge is 2.16. The smallest absolute Gasteiger partial charge is 0.253 e. The van der Waals surface area contributed by atoms with Crippen molar-refractivity contribution in [2.75, 3.05) is 5.32 Å². The van der Waals surface area contributed by atoms with Gasteiger partial charge in [0, 0.05) is 0 Å². The van der Waals surface area contributed by atoms with Gasteiger partial charge in [-0.05, 0) is 37.1 Å². The van der Waals surface area contributed by atoms with E-state index in [9.17, 15) is 9.59 Å². The molecule has 0 saturated carbocycles. The second-order valence-corrected chi connectivity index (χ2v) is 6.86. The van der Waals surface area contributed by atoms with Crippen molar-refractivity contribution in [3.05, 3.63) is 101 Å². The number of carbonyl (C=O) groups is 2. The summed E-state index contributed by atoms with van der Waals surface area (Å²) < 4.78 is 0. The zero-order valence-corrected chi connectivity index (χ0v) is 16.1. The number of hydrogen-bond acceptors (Lipinski definition) is 2. The van der Waals surface area contributed by atoms with Crippen LogP contribution in [-0.4, -0.2) is 11.8 Å². The number of amides is 2. The van der Waals surface area contributed by atoms with Crippen LogP contribution < -0.4 is 10.6 Å². The zero-order chi connectivity index (χ0) is 19.9. The van der Waals surface area contributed by atoms with Crippen LogP contribution in [0.5, 0.6) is 0 Å². The summed E-state index contributed by atoms with van der Waals surface area (Å²) in [5.74, 6) is -0.372. The summed E-state index contributed by atoms with van der Waals surface area (Å²) >= 11 is 0. The molecule has 0 fully saturated rings. The van der Waals surface area contributed by atoms with Crippen molar-refractivity contribution in [1.29, 1.82) is 0 Å². The first-order chi connectivity index (χ1) is 13.5. The molecule has 142 valence electrons. The van der Waals surface area contributed by atoms with Crippen LogP contribution in [0.25, 0.3) is 0 Å². The number of anilines is 1. The van der Waals surface area contributed by atoms with Gasteiger partial charge in [0.1, 0.15) is 0 Å². The lowest BCUT2D eigenvalue weighted by Gasteiger charge is -2.16. The number of hydrogen-bond donors (Lipinski definition) is 2. The number of para-hydroxylation sites is 1. The highest BCUT2D eigenvalue weighted by Crippen LogP contribution is 2.18. The molecule has 0 bridgehead atoms. The monoisotopic (exact) mass is 372 g/mol. The van der Waals surface area contributed by atoms with Gasteiger partial charge in [-0.3, -0.25) is 9.59 Å². The van der Waals surface area contributed by atoms with Crippen LogP contribution in [0.4, 0.5) is 5.69 Å². The van der Waals surface area contributed by atoms with Crippen LogP contribution >= 0.6 is 0 Å². The van der Waals surface area contributed by atoms with E-state index in [1.807, 2.05) is 68.4 Å². The Bertz CT molecular complexity index is 950. The van der Waals surface area contributed by atoms with Crippen LogP contribution in [-0.2, 0) is 11.2 Å². The maximum atomic E-state index is 12.8. The predicted molar refractivity (Wildman–Crippen MR) is 112 cm³/mol. The minimum Gasteiger partial charge on any atom is -0.345 e. The van der Waals surface area contributed by atoms with Crippen LogP contribution in [0.2, 0.25) is 0 Å². The summed E-state index contributed by atoms with van der Waals surface area (Å²) in [6.45, 7) is 3.95. The molecule has 28 heavy (non-hydrogen) atoms. The van der Waals surface area contributed by atoms with Gasteiger partial charge in [-0.1, -0.05) is 72.3 Å². The van der Waals surface area contributed by atoms with E-state index < -0.39 is 0 Å². The van der Waals surface area contributed by atoms with Gasteiger partial charge in [0.25, 0.3) is 5.91 Å². The third kappa shape index (κ3) is 5.07. The van der Waals surface area contributed by atoms with Crippen LogP contribution in [0.15, 0.2) is 78.9 Å². The minimum atomic E-state index is -0.220. The molecule has 0 aromatic heterocycles. The van der Waals surface area contributed by atoms with Crippen molar-refractivity contribution in [1.82, 2.24) is 5.32 Å². The zero-order valence-electron chi connectivity index (χ0n) is 16.1. The molecule has 0 aliphatic carbocycles. The Labute approximate surface area is 165 Å². The first-order valence-electron chi connectivity index (χ1n) is 9.33. The molecule has 0 unspecified atom stereocenters. The Morgan fingerprint density at radius 2 is 1.50 bits per heavy atom. The van der Waals surface area contributed by atoms with Crippen molar-refractivity contribution >= 4 is 17.5 Å². The lowest BCUT2D eigenvalue weighted by molar-refractivity contribution is -0.115. The van der Waals surface area contributed by atoms with E-state index in [-0.39, 0.29) is 24.3 Å². The molecule has 0 aliphatic heterocycles. The molecule has 0 radical (unpaired) electrons. The van der Waals surface area contributed by atoms with Crippen molar-refractivity contribution in [2.45, 2.75) is 26.3 Å². The summed E-state index contributed by atoms with van der Waals surface area (Å²) in [5, 5.41) is 5.86. The number of nitrogens with one attached hydrogen (secondary N) is 2. The Balaban J connectivity index is 1.69. The van der Waals surface area contributed by atoms with E-state index in [1.54, 1.807) is 24.3 Å². The van der Waals surface area contributed by atoms with Gasteiger partial charge in [0.2, 0.25) is 5.91 Å². The van der Waals surface area contributed by atoms with Crippen molar-refractivity contribution in [2.24, 2.45) is 0 Å². The molecule has 2 amide bonds. The third-order valence-corrected chi connectivity index (χ3v) is 4.58. The molecular formula is C24H24N2O2. The largest absolute Gasteiger partial charge is 0.345 e. The van der Waals surface area contributed by atoms with Crippen molar-refractivity contribution in [3.63, 3.8) is 0 Å². The van der Waals surface area contributed by atoms with Gasteiger partial charge in [0.05, 0.1) is 23.7 Å². The molecular weight excluding hydrogens is 348 g/mol. The molecule has 0 spiro atoms. The molecule has 2 N–H and O–H groups in total. The third-order valence-electron chi connectivity index (χ3n) is 4.58. The Kier molecular flexibility index (Phi) is 6.22. The summed E-state index contributed by atoms with van der Waals surface area (Å²) in [6, 6.07) is 24.5. The Morgan fingerprint density at radius 1 is 0.857 bits per heavy atom. The molecule has 3 aromatic carbocycles. The SMILES string of the molecule is Cc1ccc(CC(=O)Nc2ccccc2C(=O)N[C@H](C)c2ccccc2)cc1. The van der Waals surface area contributed by atoms with Crippen molar-refractivity contribution < 1.29 is 9.59 Å². The quantitative estimate of drug-likeness (QED) is 0.661. The number of aryl methyl sites for hydroxylation is 1. The van der Waals surface area contributed by atoms with Gasteiger partial charge >= 0.3 is 0 Å². The molecule has 4 heteroatoms. The molecule has 4 nitrogen and oxygen atoms in total. The van der Waals surface area contributed by atoms with Gasteiger partial charge in [-0.2, -0.15) is 0 Å². The summed E-state index contributed by atoms with van der Waals surface area (Å²) in [5.41, 5.74) is 4.07. The number of carbonyl (C=O) groups excluding carboxylic acids is 2. The first kappa shape index (κ1) is 19.4. The average Bonchev–Trinajstić information content (AvgIpc) is 2.70. The van der Waals surface area contributed by atoms with Gasteiger partial charge < -0.3 is 10.6 Å². The average molecular weight is 372 g/mol.